The molecule has 0 saturated carbocycles. The molecule has 0 radical (unpaired) electrons. The molecule has 2 nitrogen and oxygen atoms in total. The van der Waals surface area contributed by atoms with Crippen molar-refractivity contribution < 1.29 is 18.0 Å². The Labute approximate surface area is 98.3 Å². The fraction of sp³-hybridized carbons (Fsp3) is 0.100. The molecule has 16 heavy (non-hydrogen) atoms. The summed E-state index contributed by atoms with van der Waals surface area (Å²) < 4.78 is 37.0. The number of amides is 1. The van der Waals surface area contributed by atoms with Crippen LogP contribution in [0.1, 0.15) is 5.56 Å². The van der Waals surface area contributed by atoms with Gasteiger partial charge in [0.25, 0.3) is 0 Å². The summed E-state index contributed by atoms with van der Waals surface area (Å²) in [6.45, 7) is 3.23. The number of rotatable bonds is 2. The van der Waals surface area contributed by atoms with Gasteiger partial charge in [0.15, 0.2) is 0 Å². The summed E-state index contributed by atoms with van der Waals surface area (Å²) in [5, 5.41) is 2.36. The fourth-order valence-corrected chi connectivity index (χ4v) is 1.62. The SMILES string of the molecule is C=CC(=O)Nc1ccc(C(F)(F)F)c(Br)c1. The van der Waals surface area contributed by atoms with Gasteiger partial charge in [0.1, 0.15) is 0 Å². The van der Waals surface area contributed by atoms with Crippen LogP contribution in [0.5, 0.6) is 0 Å². The van der Waals surface area contributed by atoms with Crippen LogP contribution in [0.4, 0.5) is 18.9 Å². The van der Waals surface area contributed by atoms with Crippen LogP contribution < -0.4 is 5.32 Å². The average molecular weight is 294 g/mol. The van der Waals surface area contributed by atoms with E-state index in [-0.39, 0.29) is 10.2 Å². The lowest BCUT2D eigenvalue weighted by atomic mass is 10.2. The van der Waals surface area contributed by atoms with E-state index < -0.39 is 17.6 Å². The van der Waals surface area contributed by atoms with Crippen LogP contribution in [0, 0.1) is 0 Å². The summed E-state index contributed by atoms with van der Waals surface area (Å²) in [6, 6.07) is 3.25. The second kappa shape index (κ2) is 4.69. The van der Waals surface area contributed by atoms with Gasteiger partial charge in [0.05, 0.1) is 5.56 Å². The van der Waals surface area contributed by atoms with Gasteiger partial charge in [0.2, 0.25) is 5.91 Å². The Morgan fingerprint density at radius 1 is 1.44 bits per heavy atom. The van der Waals surface area contributed by atoms with Gasteiger partial charge in [-0.1, -0.05) is 22.5 Å². The van der Waals surface area contributed by atoms with Crippen molar-refractivity contribution in [1.29, 1.82) is 0 Å². The van der Waals surface area contributed by atoms with Crippen LogP contribution >= 0.6 is 15.9 Å². The molecular formula is C10H7BrF3NO. The van der Waals surface area contributed by atoms with E-state index in [1.165, 1.54) is 12.1 Å². The lowest BCUT2D eigenvalue weighted by Gasteiger charge is -2.10. The summed E-state index contributed by atoms with van der Waals surface area (Å²) in [5.41, 5.74) is -0.520. The molecule has 0 spiro atoms. The van der Waals surface area contributed by atoms with Crippen molar-refractivity contribution in [1.82, 2.24) is 0 Å². The summed E-state index contributed by atoms with van der Waals surface area (Å²) in [6.07, 6.45) is -3.38. The second-order valence-electron chi connectivity index (χ2n) is 2.89. The van der Waals surface area contributed by atoms with Crippen molar-refractivity contribution in [2.24, 2.45) is 0 Å². The molecule has 0 aromatic heterocycles. The lowest BCUT2D eigenvalue weighted by Crippen LogP contribution is -2.09. The van der Waals surface area contributed by atoms with Gasteiger partial charge >= 0.3 is 6.18 Å². The molecule has 6 heteroatoms. The largest absolute Gasteiger partial charge is 0.417 e. The molecule has 1 amide bonds. The van der Waals surface area contributed by atoms with Crippen molar-refractivity contribution in [3.05, 3.63) is 40.9 Å². The van der Waals surface area contributed by atoms with Crippen molar-refractivity contribution in [2.75, 3.05) is 5.32 Å². The van der Waals surface area contributed by atoms with E-state index in [4.69, 9.17) is 0 Å². The molecule has 0 heterocycles. The molecule has 1 aromatic rings. The van der Waals surface area contributed by atoms with Crippen LogP contribution in [0.25, 0.3) is 0 Å². The minimum absolute atomic E-state index is 0.123. The number of anilines is 1. The number of nitrogens with one attached hydrogen (secondary N) is 1. The zero-order chi connectivity index (χ0) is 12.3. The topological polar surface area (TPSA) is 29.1 Å². The average Bonchev–Trinajstić information content (AvgIpc) is 2.15. The molecule has 0 saturated heterocycles. The first-order valence-electron chi connectivity index (χ1n) is 4.15. The maximum atomic E-state index is 12.4. The molecule has 86 valence electrons. The third-order valence-corrected chi connectivity index (χ3v) is 2.38. The van der Waals surface area contributed by atoms with Gasteiger partial charge in [-0.2, -0.15) is 13.2 Å². The van der Waals surface area contributed by atoms with Crippen LogP contribution in [0.3, 0.4) is 0 Å². The summed E-state index contributed by atoms with van der Waals surface area (Å²) in [7, 11) is 0. The van der Waals surface area contributed by atoms with Gasteiger partial charge < -0.3 is 5.32 Å². The number of alkyl halides is 3. The Kier molecular flexibility index (Phi) is 3.74. The predicted octanol–water partition coefficient (Wildman–Crippen LogP) is 3.59. The zero-order valence-electron chi connectivity index (χ0n) is 7.94. The molecule has 0 aliphatic heterocycles. The summed E-state index contributed by atoms with van der Waals surface area (Å²) >= 11 is 2.80. The van der Waals surface area contributed by atoms with Gasteiger partial charge in [-0.25, -0.2) is 0 Å². The van der Waals surface area contributed by atoms with Crippen molar-refractivity contribution in [3.8, 4) is 0 Å². The third-order valence-electron chi connectivity index (χ3n) is 1.73. The number of hydrogen-bond donors (Lipinski definition) is 1. The standard InChI is InChI=1S/C10H7BrF3NO/c1-2-9(16)15-6-3-4-7(8(11)5-6)10(12,13)14/h2-5H,1H2,(H,15,16). The highest BCUT2D eigenvalue weighted by atomic mass is 79.9. The second-order valence-corrected chi connectivity index (χ2v) is 3.74. The molecule has 0 bridgehead atoms. The Bertz CT molecular complexity index is 429. The molecular weight excluding hydrogens is 287 g/mol. The van der Waals surface area contributed by atoms with Crippen LogP contribution in [0.15, 0.2) is 35.3 Å². The number of halogens is 4. The quantitative estimate of drug-likeness (QED) is 0.830. The Balaban J connectivity index is 3.00. The van der Waals surface area contributed by atoms with Crippen molar-refractivity contribution in [2.45, 2.75) is 6.18 Å². The van der Waals surface area contributed by atoms with E-state index in [0.717, 1.165) is 12.1 Å². The molecule has 0 aliphatic carbocycles. The molecule has 1 rings (SSSR count). The minimum atomic E-state index is -4.42. The highest BCUT2D eigenvalue weighted by Gasteiger charge is 2.32. The van der Waals surface area contributed by atoms with Gasteiger partial charge in [0, 0.05) is 10.2 Å². The molecule has 0 aliphatic rings. The maximum absolute atomic E-state index is 12.4. The van der Waals surface area contributed by atoms with Gasteiger partial charge in [-0.15, -0.1) is 0 Å². The van der Waals surface area contributed by atoms with E-state index in [2.05, 4.69) is 27.8 Å². The number of hydrogen-bond acceptors (Lipinski definition) is 1. The molecule has 0 unspecified atom stereocenters. The van der Waals surface area contributed by atoms with Crippen molar-refractivity contribution in [3.63, 3.8) is 0 Å². The van der Waals surface area contributed by atoms with E-state index >= 15 is 0 Å². The highest BCUT2D eigenvalue weighted by molar-refractivity contribution is 9.10. The lowest BCUT2D eigenvalue weighted by molar-refractivity contribution is -0.138. The first-order valence-corrected chi connectivity index (χ1v) is 4.94. The summed E-state index contributed by atoms with van der Waals surface area (Å²) in [4.78, 5) is 10.9. The zero-order valence-corrected chi connectivity index (χ0v) is 9.52. The molecule has 1 N–H and O–H groups in total. The molecule has 1 aromatic carbocycles. The maximum Gasteiger partial charge on any atom is 0.417 e. The Morgan fingerprint density at radius 2 is 2.06 bits per heavy atom. The predicted molar refractivity (Wildman–Crippen MR) is 58.0 cm³/mol. The monoisotopic (exact) mass is 293 g/mol. The normalized spacial score (nSPS) is 11.0. The van der Waals surface area contributed by atoms with E-state index in [9.17, 15) is 18.0 Å². The first kappa shape index (κ1) is 12.8. The Hall–Kier alpha value is -1.30. The van der Waals surface area contributed by atoms with Gasteiger partial charge in [-0.05, 0) is 24.3 Å². The van der Waals surface area contributed by atoms with Gasteiger partial charge in [-0.3, -0.25) is 4.79 Å². The minimum Gasteiger partial charge on any atom is -0.322 e. The summed E-state index contributed by atoms with van der Waals surface area (Å²) in [5.74, 6) is -0.480. The smallest absolute Gasteiger partial charge is 0.322 e. The van der Waals surface area contributed by atoms with E-state index in [0.29, 0.717) is 0 Å². The third kappa shape index (κ3) is 3.10. The van der Waals surface area contributed by atoms with Crippen LogP contribution in [-0.4, -0.2) is 5.91 Å². The van der Waals surface area contributed by atoms with Crippen molar-refractivity contribution >= 4 is 27.5 Å². The first-order chi connectivity index (χ1) is 7.34. The van der Waals surface area contributed by atoms with Crippen LogP contribution in [-0.2, 0) is 11.0 Å². The molecule has 0 fully saturated rings. The number of carbonyl (C=O) groups excluding carboxylic acids is 1. The molecule has 0 atom stereocenters. The number of benzene rings is 1. The Morgan fingerprint density at radius 3 is 2.50 bits per heavy atom. The van der Waals surface area contributed by atoms with E-state index in [1.54, 1.807) is 0 Å². The van der Waals surface area contributed by atoms with Crippen LogP contribution in [0.2, 0.25) is 0 Å². The van der Waals surface area contributed by atoms with E-state index in [1.807, 2.05) is 0 Å². The number of carbonyl (C=O) groups is 1. The fourth-order valence-electron chi connectivity index (χ4n) is 1.02. The highest BCUT2D eigenvalue weighted by Crippen LogP contribution is 2.35.